The van der Waals surface area contributed by atoms with E-state index in [1.54, 1.807) is 12.1 Å². The Morgan fingerprint density at radius 1 is 1.04 bits per heavy atom. The minimum absolute atomic E-state index is 0.178. The van der Waals surface area contributed by atoms with Crippen LogP contribution in [0.15, 0.2) is 30.3 Å². The largest absolute Gasteiger partial charge is 0.573 e. The lowest BCUT2D eigenvalue weighted by Crippen LogP contribution is -2.16. The van der Waals surface area contributed by atoms with Crippen LogP contribution in [-0.2, 0) is 0 Å². The molecule has 1 fully saturated rings. The zero-order valence-electron chi connectivity index (χ0n) is 13.6. The SMILES string of the molecule is CCC1CCC(CCC=Cc2ccc(OC(F)(F)F)cc2)CC1. The van der Waals surface area contributed by atoms with Crippen molar-refractivity contribution in [3.63, 3.8) is 0 Å². The van der Waals surface area contributed by atoms with Gasteiger partial charge >= 0.3 is 6.36 Å². The normalized spacial score (nSPS) is 22.4. The van der Waals surface area contributed by atoms with Crippen molar-refractivity contribution in [1.29, 1.82) is 0 Å². The van der Waals surface area contributed by atoms with Gasteiger partial charge in [-0.25, -0.2) is 0 Å². The average molecular weight is 326 g/mol. The van der Waals surface area contributed by atoms with Gasteiger partial charge < -0.3 is 4.74 Å². The summed E-state index contributed by atoms with van der Waals surface area (Å²) in [6.07, 6.45) is 8.42. The van der Waals surface area contributed by atoms with E-state index in [9.17, 15) is 13.2 Å². The summed E-state index contributed by atoms with van der Waals surface area (Å²) in [4.78, 5) is 0. The highest BCUT2D eigenvalue weighted by Crippen LogP contribution is 2.33. The Kier molecular flexibility index (Phi) is 6.55. The van der Waals surface area contributed by atoms with E-state index in [0.717, 1.165) is 23.8 Å². The van der Waals surface area contributed by atoms with Gasteiger partial charge in [-0.3, -0.25) is 0 Å². The fourth-order valence-electron chi connectivity index (χ4n) is 3.26. The first-order valence-electron chi connectivity index (χ1n) is 8.48. The first-order valence-corrected chi connectivity index (χ1v) is 8.48. The Bertz CT molecular complexity index is 482. The molecule has 0 N–H and O–H groups in total. The lowest BCUT2D eigenvalue weighted by Gasteiger charge is -2.27. The summed E-state index contributed by atoms with van der Waals surface area (Å²) in [7, 11) is 0. The molecular weight excluding hydrogens is 301 g/mol. The summed E-state index contributed by atoms with van der Waals surface area (Å²) in [6.45, 7) is 2.28. The van der Waals surface area contributed by atoms with Gasteiger partial charge in [0.15, 0.2) is 0 Å². The first kappa shape index (κ1) is 17.9. The number of hydrogen-bond acceptors (Lipinski definition) is 1. The van der Waals surface area contributed by atoms with Crippen LogP contribution in [0.3, 0.4) is 0 Å². The number of rotatable bonds is 6. The Balaban J connectivity index is 1.71. The summed E-state index contributed by atoms with van der Waals surface area (Å²) in [6, 6.07) is 5.98. The number of allylic oxidation sites excluding steroid dienone is 1. The van der Waals surface area contributed by atoms with Gasteiger partial charge in [-0.2, -0.15) is 0 Å². The van der Waals surface area contributed by atoms with Crippen LogP contribution in [0.5, 0.6) is 5.75 Å². The van der Waals surface area contributed by atoms with E-state index in [1.807, 2.05) is 6.08 Å². The molecule has 0 aromatic heterocycles. The van der Waals surface area contributed by atoms with Gasteiger partial charge in [-0.05, 0) is 42.4 Å². The highest BCUT2D eigenvalue weighted by molar-refractivity contribution is 5.50. The van der Waals surface area contributed by atoms with Gasteiger partial charge in [0.1, 0.15) is 5.75 Å². The van der Waals surface area contributed by atoms with E-state index in [1.165, 1.54) is 50.7 Å². The molecule has 128 valence electrons. The lowest BCUT2D eigenvalue weighted by atomic mass is 9.79. The summed E-state index contributed by atoms with van der Waals surface area (Å²) < 4.78 is 40.1. The van der Waals surface area contributed by atoms with E-state index < -0.39 is 6.36 Å². The second kappa shape index (κ2) is 8.42. The van der Waals surface area contributed by atoms with Crippen LogP contribution in [0.1, 0.15) is 57.4 Å². The molecule has 0 heterocycles. The van der Waals surface area contributed by atoms with Crippen LogP contribution in [0.25, 0.3) is 6.08 Å². The topological polar surface area (TPSA) is 9.23 Å². The predicted octanol–water partition coefficient (Wildman–Crippen LogP) is 6.60. The van der Waals surface area contributed by atoms with Crippen molar-refractivity contribution in [1.82, 2.24) is 0 Å². The third kappa shape index (κ3) is 6.67. The van der Waals surface area contributed by atoms with Crippen LogP contribution < -0.4 is 4.74 Å². The quantitative estimate of drug-likeness (QED) is 0.572. The van der Waals surface area contributed by atoms with Crippen molar-refractivity contribution >= 4 is 6.08 Å². The highest BCUT2D eigenvalue weighted by Gasteiger charge is 2.30. The number of alkyl halides is 3. The number of halogens is 3. The molecule has 1 aliphatic rings. The molecule has 0 saturated heterocycles. The zero-order chi connectivity index (χ0) is 16.7. The molecule has 0 aliphatic heterocycles. The average Bonchev–Trinajstić information content (AvgIpc) is 2.52. The molecule has 0 amide bonds. The maximum atomic E-state index is 12.1. The molecule has 0 unspecified atom stereocenters. The fraction of sp³-hybridized carbons (Fsp3) is 0.579. The molecule has 1 aliphatic carbocycles. The Morgan fingerprint density at radius 2 is 1.65 bits per heavy atom. The van der Waals surface area contributed by atoms with Gasteiger partial charge in [0.2, 0.25) is 0 Å². The maximum absolute atomic E-state index is 12.1. The molecular formula is C19H25F3O. The molecule has 23 heavy (non-hydrogen) atoms. The standard InChI is InChI=1S/C19H25F3O/c1-2-15-7-9-16(10-8-15)5-3-4-6-17-11-13-18(14-12-17)23-19(20,21)22/h4,6,11-16H,2-3,5,7-10H2,1H3. The van der Waals surface area contributed by atoms with Gasteiger partial charge in [-0.1, -0.05) is 63.3 Å². The minimum Gasteiger partial charge on any atom is -0.406 e. The predicted molar refractivity (Wildman–Crippen MR) is 87.1 cm³/mol. The van der Waals surface area contributed by atoms with Gasteiger partial charge in [0.05, 0.1) is 0 Å². The molecule has 4 heteroatoms. The van der Waals surface area contributed by atoms with Crippen LogP contribution in [0, 0.1) is 11.8 Å². The van der Waals surface area contributed by atoms with Crippen molar-refractivity contribution in [2.24, 2.45) is 11.8 Å². The zero-order valence-corrected chi connectivity index (χ0v) is 13.6. The summed E-state index contributed by atoms with van der Waals surface area (Å²) in [5, 5.41) is 0. The number of ether oxygens (including phenoxy) is 1. The first-order chi connectivity index (χ1) is 11.0. The van der Waals surface area contributed by atoms with Gasteiger partial charge in [0.25, 0.3) is 0 Å². The van der Waals surface area contributed by atoms with Gasteiger partial charge in [-0.15, -0.1) is 13.2 Å². The van der Waals surface area contributed by atoms with Crippen molar-refractivity contribution in [2.45, 2.75) is 58.2 Å². The van der Waals surface area contributed by atoms with E-state index in [4.69, 9.17) is 0 Å². The monoisotopic (exact) mass is 326 g/mol. The Labute approximate surface area is 136 Å². The summed E-state index contributed by atoms with van der Waals surface area (Å²) in [5.41, 5.74) is 0.897. The molecule has 0 bridgehead atoms. The van der Waals surface area contributed by atoms with E-state index in [0.29, 0.717) is 0 Å². The molecule has 0 spiro atoms. The van der Waals surface area contributed by atoms with Crippen LogP contribution in [0.2, 0.25) is 0 Å². The second-order valence-corrected chi connectivity index (χ2v) is 6.39. The van der Waals surface area contributed by atoms with Crippen molar-refractivity contribution in [3.05, 3.63) is 35.9 Å². The molecule has 1 saturated carbocycles. The highest BCUT2D eigenvalue weighted by atomic mass is 19.4. The van der Waals surface area contributed by atoms with Crippen LogP contribution >= 0.6 is 0 Å². The number of hydrogen-bond donors (Lipinski definition) is 0. The number of benzene rings is 1. The van der Waals surface area contributed by atoms with Crippen molar-refractivity contribution in [3.8, 4) is 5.75 Å². The Morgan fingerprint density at radius 3 is 2.22 bits per heavy atom. The maximum Gasteiger partial charge on any atom is 0.573 e. The molecule has 1 nitrogen and oxygen atoms in total. The summed E-state index contributed by atoms with van der Waals surface area (Å²) >= 11 is 0. The minimum atomic E-state index is -4.63. The third-order valence-corrected chi connectivity index (χ3v) is 4.71. The van der Waals surface area contributed by atoms with Crippen molar-refractivity contribution < 1.29 is 17.9 Å². The second-order valence-electron chi connectivity index (χ2n) is 6.39. The fourth-order valence-corrected chi connectivity index (χ4v) is 3.26. The molecule has 1 aromatic rings. The summed E-state index contributed by atoms with van der Waals surface area (Å²) in [5.74, 6) is 1.59. The van der Waals surface area contributed by atoms with Crippen LogP contribution in [-0.4, -0.2) is 6.36 Å². The molecule has 0 atom stereocenters. The molecule has 0 radical (unpaired) electrons. The van der Waals surface area contributed by atoms with Crippen molar-refractivity contribution in [2.75, 3.05) is 0 Å². The third-order valence-electron chi connectivity index (χ3n) is 4.71. The van der Waals surface area contributed by atoms with E-state index >= 15 is 0 Å². The van der Waals surface area contributed by atoms with E-state index in [-0.39, 0.29) is 5.75 Å². The smallest absolute Gasteiger partial charge is 0.406 e. The molecule has 2 rings (SSSR count). The van der Waals surface area contributed by atoms with Gasteiger partial charge in [0, 0.05) is 0 Å². The van der Waals surface area contributed by atoms with Crippen LogP contribution in [0.4, 0.5) is 13.2 Å². The van der Waals surface area contributed by atoms with E-state index in [2.05, 4.69) is 17.7 Å². The Hall–Kier alpha value is -1.45. The lowest BCUT2D eigenvalue weighted by molar-refractivity contribution is -0.274. The molecule has 1 aromatic carbocycles.